The van der Waals surface area contributed by atoms with Crippen LogP contribution in [0.4, 0.5) is 13.2 Å². The van der Waals surface area contributed by atoms with E-state index in [1.807, 2.05) is 0 Å². The number of pyridine rings is 1. The molecular formula is C9H5ClF3N3. The zero-order valence-electron chi connectivity index (χ0n) is 7.72. The molecule has 7 heteroatoms. The number of nitrogens with one attached hydrogen (secondary N) is 1. The van der Waals surface area contributed by atoms with Gasteiger partial charge >= 0.3 is 6.18 Å². The predicted molar refractivity (Wildman–Crippen MR) is 51.8 cm³/mol. The van der Waals surface area contributed by atoms with E-state index in [9.17, 15) is 13.2 Å². The molecule has 0 spiro atoms. The van der Waals surface area contributed by atoms with Gasteiger partial charge < -0.3 is 4.98 Å². The molecule has 16 heavy (non-hydrogen) atoms. The smallest absolute Gasteiger partial charge is 0.343 e. The van der Waals surface area contributed by atoms with Crippen LogP contribution >= 0.6 is 11.6 Å². The van der Waals surface area contributed by atoms with E-state index < -0.39 is 11.7 Å². The molecule has 0 aliphatic carbocycles. The lowest BCUT2D eigenvalue weighted by molar-refractivity contribution is -0.137. The number of hydrogen-bond acceptors (Lipinski definition) is 2. The van der Waals surface area contributed by atoms with Crippen molar-refractivity contribution in [1.82, 2.24) is 15.0 Å². The maximum atomic E-state index is 12.3. The highest BCUT2D eigenvalue weighted by atomic mass is 35.5. The second-order valence-electron chi connectivity index (χ2n) is 2.99. The highest BCUT2D eigenvalue weighted by Gasteiger charge is 2.31. The maximum absolute atomic E-state index is 12.3. The Morgan fingerprint density at radius 3 is 2.50 bits per heavy atom. The highest BCUT2D eigenvalue weighted by Crippen LogP contribution is 2.32. The minimum absolute atomic E-state index is 0.0928. The van der Waals surface area contributed by atoms with E-state index in [0.717, 1.165) is 12.3 Å². The topological polar surface area (TPSA) is 41.6 Å². The van der Waals surface area contributed by atoms with Crippen molar-refractivity contribution in [3.8, 4) is 11.5 Å². The Morgan fingerprint density at radius 1 is 1.25 bits per heavy atom. The number of alkyl halides is 3. The number of imidazole rings is 1. The van der Waals surface area contributed by atoms with Crippen LogP contribution in [0.3, 0.4) is 0 Å². The average Bonchev–Trinajstić information content (AvgIpc) is 2.69. The van der Waals surface area contributed by atoms with Gasteiger partial charge in [0.1, 0.15) is 5.69 Å². The largest absolute Gasteiger partial charge is 0.417 e. The zero-order chi connectivity index (χ0) is 11.8. The first-order valence-corrected chi connectivity index (χ1v) is 4.59. The third-order valence-corrected chi connectivity index (χ3v) is 2.18. The summed E-state index contributed by atoms with van der Waals surface area (Å²) in [7, 11) is 0. The molecule has 0 radical (unpaired) electrons. The fraction of sp³-hybridized carbons (Fsp3) is 0.111. The monoisotopic (exact) mass is 247 g/mol. The SMILES string of the molecule is FC(F)(F)c1cnc(-c2ncc[nH]2)c(Cl)c1. The molecule has 0 bridgehead atoms. The van der Waals surface area contributed by atoms with Gasteiger partial charge in [-0.25, -0.2) is 4.98 Å². The van der Waals surface area contributed by atoms with Crippen LogP contribution in [0.2, 0.25) is 5.02 Å². The molecule has 3 nitrogen and oxygen atoms in total. The van der Waals surface area contributed by atoms with Crippen molar-refractivity contribution in [1.29, 1.82) is 0 Å². The molecule has 84 valence electrons. The van der Waals surface area contributed by atoms with Crippen LogP contribution in [0, 0.1) is 0 Å². The first-order valence-electron chi connectivity index (χ1n) is 4.21. The Balaban J connectivity index is 2.46. The molecule has 2 heterocycles. The average molecular weight is 248 g/mol. The van der Waals surface area contributed by atoms with Crippen molar-refractivity contribution in [2.24, 2.45) is 0 Å². The van der Waals surface area contributed by atoms with E-state index >= 15 is 0 Å². The van der Waals surface area contributed by atoms with E-state index in [1.165, 1.54) is 12.4 Å². The molecular weight excluding hydrogens is 243 g/mol. The fourth-order valence-corrected chi connectivity index (χ4v) is 1.42. The second kappa shape index (κ2) is 3.79. The number of nitrogens with zero attached hydrogens (tertiary/aromatic N) is 2. The molecule has 0 saturated carbocycles. The van der Waals surface area contributed by atoms with Crippen LogP contribution in [0.5, 0.6) is 0 Å². The minimum atomic E-state index is -4.45. The van der Waals surface area contributed by atoms with Gasteiger partial charge in [0, 0.05) is 18.6 Å². The van der Waals surface area contributed by atoms with Gasteiger partial charge in [0.05, 0.1) is 10.6 Å². The van der Waals surface area contributed by atoms with Crippen molar-refractivity contribution in [3.63, 3.8) is 0 Å². The molecule has 0 aromatic carbocycles. The minimum Gasteiger partial charge on any atom is -0.343 e. The van der Waals surface area contributed by atoms with Gasteiger partial charge in [-0.15, -0.1) is 0 Å². The Kier molecular flexibility index (Phi) is 2.59. The Bertz CT molecular complexity index is 493. The Hall–Kier alpha value is -1.56. The van der Waals surface area contributed by atoms with Crippen molar-refractivity contribution in [2.75, 3.05) is 0 Å². The van der Waals surface area contributed by atoms with Crippen molar-refractivity contribution < 1.29 is 13.2 Å². The van der Waals surface area contributed by atoms with E-state index in [0.29, 0.717) is 5.82 Å². The third kappa shape index (κ3) is 2.01. The van der Waals surface area contributed by atoms with Gasteiger partial charge in [-0.05, 0) is 6.07 Å². The summed E-state index contributed by atoms with van der Waals surface area (Å²) in [6.07, 6.45) is -0.724. The summed E-state index contributed by atoms with van der Waals surface area (Å²) < 4.78 is 37.0. The summed E-state index contributed by atoms with van der Waals surface area (Å²) in [5, 5.41) is -0.0928. The molecule has 1 N–H and O–H groups in total. The number of halogens is 4. The summed E-state index contributed by atoms with van der Waals surface area (Å²) in [5.74, 6) is 0.332. The number of H-pyrrole nitrogens is 1. The van der Waals surface area contributed by atoms with E-state index in [4.69, 9.17) is 11.6 Å². The molecule has 0 aliphatic rings. The van der Waals surface area contributed by atoms with Gasteiger partial charge in [-0.2, -0.15) is 13.2 Å². The molecule has 0 aliphatic heterocycles. The first-order chi connectivity index (χ1) is 7.48. The van der Waals surface area contributed by atoms with Crippen LogP contribution in [0.15, 0.2) is 24.7 Å². The molecule has 0 unspecified atom stereocenters. The summed E-state index contributed by atoms with van der Waals surface area (Å²) >= 11 is 5.70. The Morgan fingerprint density at radius 2 is 2.00 bits per heavy atom. The Labute approximate surface area is 93.3 Å². The van der Waals surface area contributed by atoms with E-state index in [1.54, 1.807) is 0 Å². The van der Waals surface area contributed by atoms with Gasteiger partial charge in [0.2, 0.25) is 0 Å². The van der Waals surface area contributed by atoms with Gasteiger partial charge in [0.15, 0.2) is 5.82 Å². The summed E-state index contributed by atoms with van der Waals surface area (Å²) in [6, 6.07) is 0.826. The predicted octanol–water partition coefficient (Wildman–Crippen LogP) is 3.14. The summed E-state index contributed by atoms with van der Waals surface area (Å²) in [4.78, 5) is 10.2. The molecule has 2 rings (SSSR count). The molecule has 0 atom stereocenters. The van der Waals surface area contributed by atoms with Crippen LogP contribution in [-0.2, 0) is 6.18 Å². The molecule has 0 amide bonds. The lowest BCUT2D eigenvalue weighted by atomic mass is 10.2. The van der Waals surface area contributed by atoms with E-state index in [2.05, 4.69) is 15.0 Å². The normalized spacial score (nSPS) is 11.8. The van der Waals surface area contributed by atoms with Gasteiger partial charge in [-0.1, -0.05) is 11.6 Å². The zero-order valence-corrected chi connectivity index (χ0v) is 8.47. The molecule has 0 saturated heterocycles. The third-order valence-electron chi connectivity index (χ3n) is 1.89. The number of hydrogen-bond donors (Lipinski definition) is 1. The van der Waals surface area contributed by atoms with Crippen LogP contribution in [-0.4, -0.2) is 15.0 Å². The lowest BCUT2D eigenvalue weighted by Crippen LogP contribution is -2.06. The maximum Gasteiger partial charge on any atom is 0.417 e. The quantitative estimate of drug-likeness (QED) is 0.841. The first kappa shape index (κ1) is 10.9. The lowest BCUT2D eigenvalue weighted by Gasteiger charge is -2.07. The fourth-order valence-electron chi connectivity index (χ4n) is 1.16. The number of rotatable bonds is 1. The number of aromatic amines is 1. The van der Waals surface area contributed by atoms with Crippen LogP contribution in [0.25, 0.3) is 11.5 Å². The molecule has 0 fully saturated rings. The van der Waals surface area contributed by atoms with Crippen molar-refractivity contribution >= 4 is 11.6 Å². The summed E-state index contributed by atoms with van der Waals surface area (Å²) in [6.45, 7) is 0. The second-order valence-corrected chi connectivity index (χ2v) is 3.40. The molecule has 2 aromatic rings. The van der Waals surface area contributed by atoms with Gasteiger partial charge in [0.25, 0.3) is 0 Å². The van der Waals surface area contributed by atoms with Gasteiger partial charge in [-0.3, -0.25) is 4.98 Å². The standard InChI is InChI=1S/C9H5ClF3N3/c10-6-3-5(9(11,12)13)4-16-7(6)8-14-1-2-15-8/h1-4H,(H,14,15). The number of aromatic nitrogens is 3. The highest BCUT2D eigenvalue weighted by molar-refractivity contribution is 6.32. The molecule has 2 aromatic heterocycles. The van der Waals surface area contributed by atoms with Crippen LogP contribution < -0.4 is 0 Å². The van der Waals surface area contributed by atoms with Crippen LogP contribution in [0.1, 0.15) is 5.56 Å². The summed E-state index contributed by atoms with van der Waals surface area (Å²) in [5.41, 5.74) is -0.688. The van der Waals surface area contributed by atoms with Crippen molar-refractivity contribution in [3.05, 3.63) is 35.2 Å². The van der Waals surface area contributed by atoms with Crippen molar-refractivity contribution in [2.45, 2.75) is 6.18 Å². The van der Waals surface area contributed by atoms with E-state index in [-0.39, 0.29) is 10.7 Å².